The summed E-state index contributed by atoms with van der Waals surface area (Å²) < 4.78 is 4.20. The Kier molecular flexibility index (Phi) is 8.23. The molecule has 10 aromatic rings. The number of benzene rings is 7. The molecule has 0 amide bonds. The van der Waals surface area contributed by atoms with Crippen LogP contribution in [-0.4, -0.2) is 14.1 Å². The second kappa shape index (κ2) is 14.0. The van der Waals surface area contributed by atoms with E-state index in [0.29, 0.717) is 44.8 Å². The van der Waals surface area contributed by atoms with Crippen molar-refractivity contribution in [2.24, 2.45) is 0 Å². The van der Waals surface area contributed by atoms with Crippen LogP contribution >= 0.6 is 0 Å². The highest BCUT2D eigenvalue weighted by Gasteiger charge is 2.24. The molecular weight excluding hydrogens is 737 g/mol. The van der Waals surface area contributed by atoms with Crippen molar-refractivity contribution in [3.63, 3.8) is 0 Å². The van der Waals surface area contributed by atoms with Crippen molar-refractivity contribution in [3.8, 4) is 75.4 Å². The van der Waals surface area contributed by atoms with Crippen LogP contribution in [0.15, 0.2) is 158 Å². The van der Waals surface area contributed by atoms with E-state index >= 15 is 0 Å². The largest absolute Gasteiger partial charge is 0.307 e. The monoisotopic (exact) mass is 762 g/mol. The van der Waals surface area contributed by atoms with E-state index < -0.39 is 0 Å². The number of pyridine rings is 1. The molecule has 0 fully saturated rings. The summed E-state index contributed by atoms with van der Waals surface area (Å²) in [7, 11) is 0. The van der Waals surface area contributed by atoms with Crippen LogP contribution in [-0.2, 0) is 0 Å². The molecule has 0 saturated heterocycles. The van der Waals surface area contributed by atoms with Gasteiger partial charge in [0.1, 0.15) is 0 Å². The van der Waals surface area contributed by atoms with E-state index in [1.165, 1.54) is 0 Å². The molecule has 0 radical (unpaired) electrons. The smallest absolute Gasteiger partial charge is 0.0998 e. The Morgan fingerprint density at radius 1 is 0.350 bits per heavy atom. The highest BCUT2D eigenvalue weighted by molar-refractivity contribution is 6.12. The molecule has 10 rings (SSSR count). The van der Waals surface area contributed by atoms with Crippen LogP contribution in [0.2, 0.25) is 0 Å². The van der Waals surface area contributed by atoms with Gasteiger partial charge in [-0.3, -0.25) is 0 Å². The third-order valence-electron chi connectivity index (χ3n) is 11.0. The maximum absolute atomic E-state index is 11.1. The van der Waals surface area contributed by atoms with Crippen molar-refractivity contribution in [2.45, 2.75) is 0 Å². The van der Waals surface area contributed by atoms with Crippen molar-refractivity contribution >= 4 is 43.6 Å². The molecule has 0 bridgehead atoms. The van der Waals surface area contributed by atoms with E-state index in [4.69, 9.17) is 4.98 Å². The van der Waals surface area contributed by atoms with Gasteiger partial charge >= 0.3 is 0 Å². The number of fused-ring (bicyclic) bond motifs is 6. The van der Waals surface area contributed by atoms with E-state index in [2.05, 4.69) is 39.5 Å². The van der Waals surface area contributed by atoms with E-state index in [1.54, 1.807) is 24.3 Å². The number of nitriles is 5. The Labute approximate surface area is 343 Å². The molecule has 0 unspecified atom stereocenters. The van der Waals surface area contributed by atoms with Crippen molar-refractivity contribution in [2.75, 3.05) is 0 Å². The molecular formula is C52H26N8. The molecule has 3 heterocycles. The van der Waals surface area contributed by atoms with Crippen molar-refractivity contribution in [1.82, 2.24) is 14.1 Å². The lowest BCUT2D eigenvalue weighted by Crippen LogP contribution is -2.06. The normalized spacial score (nSPS) is 10.9. The van der Waals surface area contributed by atoms with Gasteiger partial charge in [-0.05, 0) is 103 Å². The first-order valence-electron chi connectivity index (χ1n) is 19.0. The summed E-state index contributed by atoms with van der Waals surface area (Å²) >= 11 is 0. The molecule has 0 aliphatic rings. The van der Waals surface area contributed by atoms with Gasteiger partial charge in [0, 0.05) is 38.2 Å². The fourth-order valence-electron chi connectivity index (χ4n) is 8.31. The molecule has 7 aromatic carbocycles. The fourth-order valence-corrected chi connectivity index (χ4v) is 8.31. The predicted octanol–water partition coefficient (Wildman–Crippen LogP) is 11.6. The Morgan fingerprint density at radius 2 is 0.717 bits per heavy atom. The molecule has 60 heavy (non-hydrogen) atoms. The van der Waals surface area contributed by atoms with Gasteiger partial charge in [0.2, 0.25) is 0 Å². The summed E-state index contributed by atoms with van der Waals surface area (Å²) in [6.07, 6.45) is 0. The van der Waals surface area contributed by atoms with Gasteiger partial charge < -0.3 is 9.13 Å². The molecule has 0 atom stereocenters. The zero-order valence-electron chi connectivity index (χ0n) is 31.6. The highest BCUT2D eigenvalue weighted by Crippen LogP contribution is 2.42. The first-order chi connectivity index (χ1) is 29.5. The average Bonchev–Trinajstić information content (AvgIpc) is 3.82. The number of nitrogens with zero attached hydrogens (tertiary/aromatic N) is 8. The topological polar surface area (TPSA) is 142 Å². The fraction of sp³-hybridized carbons (Fsp3) is 0. The number of hydrogen-bond acceptors (Lipinski definition) is 6. The second-order valence-electron chi connectivity index (χ2n) is 14.4. The lowest BCUT2D eigenvalue weighted by molar-refractivity contribution is 1.09. The van der Waals surface area contributed by atoms with Crippen molar-refractivity contribution in [3.05, 3.63) is 186 Å². The van der Waals surface area contributed by atoms with Gasteiger partial charge in [-0.15, -0.1) is 0 Å². The van der Waals surface area contributed by atoms with Gasteiger partial charge in [0.25, 0.3) is 0 Å². The van der Waals surface area contributed by atoms with E-state index in [0.717, 1.165) is 71.7 Å². The maximum atomic E-state index is 11.1. The first kappa shape index (κ1) is 35.2. The minimum Gasteiger partial charge on any atom is -0.307 e. The van der Waals surface area contributed by atoms with Crippen LogP contribution in [0.3, 0.4) is 0 Å². The summed E-state index contributed by atoms with van der Waals surface area (Å²) in [5, 5.41) is 54.1. The quantitative estimate of drug-likeness (QED) is 0.171. The maximum Gasteiger partial charge on any atom is 0.0998 e. The Bertz CT molecular complexity index is 3450. The number of aromatic nitrogens is 3. The molecule has 0 spiro atoms. The summed E-state index contributed by atoms with van der Waals surface area (Å²) in [6, 6.07) is 61.5. The zero-order valence-corrected chi connectivity index (χ0v) is 31.6. The molecule has 0 saturated carbocycles. The number of rotatable bonds is 5. The summed E-state index contributed by atoms with van der Waals surface area (Å²) in [5.74, 6) is 0. The van der Waals surface area contributed by atoms with Gasteiger partial charge in [-0.25, -0.2) is 4.98 Å². The van der Waals surface area contributed by atoms with E-state index in [9.17, 15) is 26.3 Å². The molecule has 0 N–H and O–H groups in total. The lowest BCUT2D eigenvalue weighted by atomic mass is 9.95. The SMILES string of the molecule is N#Cc1ccc2c(c1)c1cc(C#N)ccc1n2-c1cc(C#N)c(-c2cc(-c3ccccc3)nc(-c3ccccc3)c2)cc1-n1c2ccc(C#N)cc2c2cc(C#N)ccc21. The van der Waals surface area contributed by atoms with Gasteiger partial charge in [-0.1, -0.05) is 60.7 Å². The average molecular weight is 763 g/mol. The van der Waals surface area contributed by atoms with Crippen LogP contribution in [0.5, 0.6) is 0 Å². The third kappa shape index (κ3) is 5.61. The highest BCUT2D eigenvalue weighted by atomic mass is 15.1. The Morgan fingerprint density at radius 3 is 1.07 bits per heavy atom. The number of hydrogen-bond donors (Lipinski definition) is 0. The summed E-state index contributed by atoms with van der Waals surface area (Å²) in [6.45, 7) is 0. The van der Waals surface area contributed by atoms with Crippen LogP contribution in [0.4, 0.5) is 0 Å². The minimum absolute atomic E-state index is 0.412. The Hall–Kier alpha value is -9.26. The molecule has 3 aromatic heterocycles. The molecule has 0 aliphatic carbocycles. The van der Waals surface area contributed by atoms with Crippen LogP contribution in [0.1, 0.15) is 27.8 Å². The van der Waals surface area contributed by atoms with Gasteiger partial charge in [0.05, 0.1) is 103 Å². The first-order valence-corrected chi connectivity index (χ1v) is 19.0. The molecule has 274 valence electrons. The van der Waals surface area contributed by atoms with Crippen LogP contribution in [0, 0.1) is 56.7 Å². The second-order valence-corrected chi connectivity index (χ2v) is 14.4. The van der Waals surface area contributed by atoms with Gasteiger partial charge in [-0.2, -0.15) is 26.3 Å². The predicted molar refractivity (Wildman–Crippen MR) is 233 cm³/mol. The Balaban J connectivity index is 1.37. The summed E-state index contributed by atoms with van der Waals surface area (Å²) in [4.78, 5) is 5.11. The lowest BCUT2D eigenvalue weighted by Gasteiger charge is -2.20. The van der Waals surface area contributed by atoms with Crippen molar-refractivity contribution < 1.29 is 0 Å². The minimum atomic E-state index is 0.412. The molecule has 0 aliphatic heterocycles. The standard InChI is InChI=1S/C52H26N8/c53-27-32-11-15-47-41(19-32)42-20-33(28-54)12-16-48(42)59(47)51-25-39(31-57)40(38-23-45(36-7-3-1-4-8-36)58-46(24-38)37-9-5-2-6-10-37)26-52(51)60-49-17-13-34(29-55)21-43(49)44-22-35(30-56)14-18-50(44)60/h1-26H. The third-order valence-corrected chi connectivity index (χ3v) is 11.0. The van der Waals surface area contributed by atoms with Crippen LogP contribution in [0.25, 0.3) is 88.6 Å². The molecule has 8 nitrogen and oxygen atoms in total. The zero-order chi connectivity index (χ0) is 40.9. The van der Waals surface area contributed by atoms with E-state index in [1.807, 2.05) is 133 Å². The van der Waals surface area contributed by atoms with Crippen LogP contribution < -0.4 is 0 Å². The van der Waals surface area contributed by atoms with E-state index in [-0.39, 0.29) is 0 Å². The summed E-state index contributed by atoms with van der Waals surface area (Å²) in [5.41, 5.74) is 11.6. The van der Waals surface area contributed by atoms with Gasteiger partial charge in [0.15, 0.2) is 0 Å². The molecule has 8 heteroatoms. The van der Waals surface area contributed by atoms with Crippen molar-refractivity contribution in [1.29, 1.82) is 26.3 Å².